The molecule has 2 heterocycles. The van der Waals surface area contributed by atoms with Crippen molar-refractivity contribution in [2.24, 2.45) is 5.73 Å². The number of nitrogens with one attached hydrogen (secondary N) is 1. The van der Waals surface area contributed by atoms with E-state index in [9.17, 15) is 4.79 Å². The van der Waals surface area contributed by atoms with Gasteiger partial charge in [-0.3, -0.25) is 9.78 Å². The summed E-state index contributed by atoms with van der Waals surface area (Å²) in [5, 5.41) is 2.73. The first-order valence-electron chi connectivity index (χ1n) is 6.09. The van der Waals surface area contributed by atoms with E-state index in [2.05, 4.69) is 27.1 Å². The second-order valence-electron chi connectivity index (χ2n) is 4.05. The highest BCUT2D eigenvalue weighted by Gasteiger charge is 2.07. The Hall–Kier alpha value is -2.71. The molecule has 0 saturated carbocycles. The maximum atomic E-state index is 12.1. The first-order valence-corrected chi connectivity index (χ1v) is 6.09. The number of amides is 1. The fraction of sp³-hybridized carbons (Fsp3) is 0.133. The van der Waals surface area contributed by atoms with Crippen LogP contribution in [0.4, 0.5) is 5.82 Å². The van der Waals surface area contributed by atoms with Crippen molar-refractivity contribution >= 4 is 11.7 Å². The summed E-state index contributed by atoms with van der Waals surface area (Å²) < 4.78 is 0. The van der Waals surface area contributed by atoms with Gasteiger partial charge in [0.15, 0.2) is 0 Å². The van der Waals surface area contributed by atoms with Crippen LogP contribution in [-0.4, -0.2) is 22.4 Å². The highest BCUT2D eigenvalue weighted by Crippen LogP contribution is 2.08. The fourth-order valence-electron chi connectivity index (χ4n) is 1.59. The summed E-state index contributed by atoms with van der Waals surface area (Å²) in [4.78, 5) is 20.3. The van der Waals surface area contributed by atoms with Crippen LogP contribution in [0.2, 0.25) is 0 Å². The summed E-state index contributed by atoms with van der Waals surface area (Å²) in [7, 11) is 0. The van der Waals surface area contributed by atoms with Crippen LogP contribution < -0.4 is 11.1 Å². The van der Waals surface area contributed by atoms with Gasteiger partial charge in [-0.2, -0.15) is 0 Å². The molecule has 0 atom stereocenters. The molecule has 2 aromatic rings. The Morgan fingerprint density at radius 3 is 3.00 bits per heavy atom. The number of carbonyl (C=O) groups excluding carboxylic acids is 1. The molecule has 0 radical (unpaired) electrons. The van der Waals surface area contributed by atoms with Crippen molar-refractivity contribution in [1.82, 2.24) is 9.97 Å². The van der Waals surface area contributed by atoms with Gasteiger partial charge in [-0.1, -0.05) is 12.0 Å². The molecule has 0 aromatic carbocycles. The average Bonchev–Trinajstić information content (AvgIpc) is 2.45. The molecule has 0 fully saturated rings. The first kappa shape index (κ1) is 13.7. The molecule has 0 aliphatic heterocycles. The number of aryl methyl sites for hydroxylation is 1. The summed E-state index contributed by atoms with van der Waals surface area (Å²) in [5.41, 5.74) is 7.20. The Morgan fingerprint density at radius 1 is 1.40 bits per heavy atom. The SMILES string of the molecule is Cc1cc(C(=O)Nc2cccc(C#CCN)n2)ccn1. The minimum Gasteiger partial charge on any atom is -0.320 e. The Bertz CT molecular complexity index is 686. The van der Waals surface area contributed by atoms with Gasteiger partial charge in [-0.25, -0.2) is 4.98 Å². The van der Waals surface area contributed by atoms with Gasteiger partial charge in [-0.15, -0.1) is 0 Å². The molecule has 3 N–H and O–H groups in total. The van der Waals surface area contributed by atoms with Crippen molar-refractivity contribution in [1.29, 1.82) is 0 Å². The zero-order chi connectivity index (χ0) is 14.4. The van der Waals surface area contributed by atoms with Crippen molar-refractivity contribution in [3.8, 4) is 11.8 Å². The van der Waals surface area contributed by atoms with Crippen LogP contribution in [0.25, 0.3) is 0 Å². The molecule has 0 spiro atoms. The molecule has 20 heavy (non-hydrogen) atoms. The number of aromatic nitrogens is 2. The third kappa shape index (κ3) is 3.64. The van der Waals surface area contributed by atoms with Crippen LogP contribution in [-0.2, 0) is 0 Å². The van der Waals surface area contributed by atoms with Crippen molar-refractivity contribution in [2.45, 2.75) is 6.92 Å². The lowest BCUT2D eigenvalue weighted by molar-refractivity contribution is 0.102. The molecule has 5 heteroatoms. The maximum absolute atomic E-state index is 12.1. The van der Waals surface area contributed by atoms with Gasteiger partial charge in [0, 0.05) is 17.5 Å². The monoisotopic (exact) mass is 266 g/mol. The molecule has 1 amide bonds. The van der Waals surface area contributed by atoms with Crippen molar-refractivity contribution in [3.63, 3.8) is 0 Å². The van der Waals surface area contributed by atoms with Crippen molar-refractivity contribution < 1.29 is 4.79 Å². The summed E-state index contributed by atoms with van der Waals surface area (Å²) in [6, 6.07) is 8.61. The molecule has 0 aliphatic rings. The van der Waals surface area contributed by atoms with Crippen LogP contribution in [0, 0.1) is 18.8 Å². The van der Waals surface area contributed by atoms with E-state index in [-0.39, 0.29) is 12.5 Å². The van der Waals surface area contributed by atoms with Crippen LogP contribution in [0.5, 0.6) is 0 Å². The van der Waals surface area contributed by atoms with E-state index in [1.54, 1.807) is 36.5 Å². The molecule has 0 unspecified atom stereocenters. The Morgan fingerprint density at radius 2 is 2.25 bits per heavy atom. The number of pyridine rings is 2. The predicted molar refractivity (Wildman–Crippen MR) is 77.1 cm³/mol. The summed E-state index contributed by atoms with van der Waals surface area (Å²) in [5.74, 6) is 5.76. The largest absolute Gasteiger partial charge is 0.320 e. The van der Waals surface area contributed by atoms with Gasteiger partial charge in [0.2, 0.25) is 0 Å². The minimum absolute atomic E-state index is 0.230. The Labute approximate surface area is 117 Å². The van der Waals surface area contributed by atoms with E-state index < -0.39 is 0 Å². The van der Waals surface area contributed by atoms with Crippen molar-refractivity contribution in [2.75, 3.05) is 11.9 Å². The third-order valence-electron chi connectivity index (χ3n) is 2.47. The Balaban J connectivity index is 2.15. The number of hydrogen-bond donors (Lipinski definition) is 2. The minimum atomic E-state index is -0.230. The average molecular weight is 266 g/mol. The third-order valence-corrected chi connectivity index (χ3v) is 2.47. The fourth-order valence-corrected chi connectivity index (χ4v) is 1.59. The molecular formula is C15H14N4O. The summed E-state index contributed by atoms with van der Waals surface area (Å²) >= 11 is 0. The molecule has 5 nitrogen and oxygen atoms in total. The van der Waals surface area contributed by atoms with Crippen LogP contribution in [0.1, 0.15) is 21.7 Å². The van der Waals surface area contributed by atoms with E-state index in [0.717, 1.165) is 5.69 Å². The van der Waals surface area contributed by atoms with Gasteiger partial charge < -0.3 is 11.1 Å². The van der Waals surface area contributed by atoms with E-state index in [1.165, 1.54) is 0 Å². The Kier molecular flexibility index (Phi) is 4.43. The zero-order valence-electron chi connectivity index (χ0n) is 11.1. The number of hydrogen-bond acceptors (Lipinski definition) is 4. The predicted octanol–water partition coefficient (Wildman–Crippen LogP) is 1.35. The van der Waals surface area contributed by atoms with Gasteiger partial charge in [-0.05, 0) is 37.1 Å². The number of rotatable bonds is 2. The van der Waals surface area contributed by atoms with E-state index in [0.29, 0.717) is 17.1 Å². The zero-order valence-corrected chi connectivity index (χ0v) is 11.1. The number of carbonyl (C=O) groups is 1. The quantitative estimate of drug-likeness (QED) is 0.804. The number of nitrogens with zero attached hydrogens (tertiary/aromatic N) is 2. The topological polar surface area (TPSA) is 80.9 Å². The smallest absolute Gasteiger partial charge is 0.256 e. The molecule has 2 aromatic heterocycles. The van der Waals surface area contributed by atoms with Gasteiger partial charge >= 0.3 is 0 Å². The van der Waals surface area contributed by atoms with Crippen LogP contribution in [0.3, 0.4) is 0 Å². The molecular weight excluding hydrogens is 252 g/mol. The molecule has 0 bridgehead atoms. The van der Waals surface area contributed by atoms with Gasteiger partial charge in [0.05, 0.1) is 6.54 Å². The molecule has 100 valence electrons. The van der Waals surface area contributed by atoms with Crippen LogP contribution in [0.15, 0.2) is 36.5 Å². The van der Waals surface area contributed by atoms with E-state index in [1.807, 2.05) is 6.92 Å². The highest BCUT2D eigenvalue weighted by molar-refractivity contribution is 6.03. The number of anilines is 1. The lowest BCUT2D eigenvalue weighted by Gasteiger charge is -2.05. The molecule has 0 saturated heterocycles. The lowest BCUT2D eigenvalue weighted by Crippen LogP contribution is -2.13. The van der Waals surface area contributed by atoms with Crippen molar-refractivity contribution in [3.05, 3.63) is 53.5 Å². The van der Waals surface area contributed by atoms with E-state index >= 15 is 0 Å². The van der Waals surface area contributed by atoms with Crippen LogP contribution >= 0.6 is 0 Å². The maximum Gasteiger partial charge on any atom is 0.256 e. The van der Waals surface area contributed by atoms with E-state index in [4.69, 9.17) is 5.73 Å². The standard InChI is InChI=1S/C15H14N4O/c1-11-10-12(7-9-17-11)15(20)19-14-6-2-4-13(18-14)5-3-8-16/h2,4,6-7,9-10H,8,16H2,1H3,(H,18,19,20). The second-order valence-corrected chi connectivity index (χ2v) is 4.05. The molecule has 2 rings (SSSR count). The summed E-state index contributed by atoms with van der Waals surface area (Å²) in [6.45, 7) is 2.10. The number of nitrogens with two attached hydrogens (primary N) is 1. The van der Waals surface area contributed by atoms with Gasteiger partial charge in [0.1, 0.15) is 11.5 Å². The normalized spacial score (nSPS) is 9.50. The second kappa shape index (κ2) is 6.45. The highest BCUT2D eigenvalue weighted by atomic mass is 16.1. The first-order chi connectivity index (χ1) is 9.69. The summed E-state index contributed by atoms with van der Waals surface area (Å²) in [6.07, 6.45) is 1.60. The lowest BCUT2D eigenvalue weighted by atomic mass is 10.2. The van der Waals surface area contributed by atoms with Gasteiger partial charge in [0.25, 0.3) is 5.91 Å². The molecule has 0 aliphatic carbocycles.